The molecule has 1 aromatic carbocycles. The van der Waals surface area contributed by atoms with Crippen molar-refractivity contribution in [3.63, 3.8) is 0 Å². The van der Waals surface area contributed by atoms with Gasteiger partial charge in [0.05, 0.1) is 0 Å². The number of nitrogens with zero attached hydrogens (tertiary/aromatic N) is 2. The SMILES string of the molecule is O=C(Nc1cccc(CNc2cc(Cl)nc(C3CC3)n2)c1)C1CCC1. The number of carbonyl (C=O) groups is 1. The van der Waals surface area contributed by atoms with Gasteiger partial charge in [-0.05, 0) is 43.4 Å². The van der Waals surface area contributed by atoms with E-state index in [1.54, 1.807) is 6.07 Å². The highest BCUT2D eigenvalue weighted by molar-refractivity contribution is 6.29. The maximum Gasteiger partial charge on any atom is 0.227 e. The van der Waals surface area contributed by atoms with Crippen molar-refractivity contribution in [1.82, 2.24) is 9.97 Å². The van der Waals surface area contributed by atoms with Crippen LogP contribution in [0.1, 0.15) is 49.4 Å². The molecule has 0 spiro atoms. The Bertz CT molecular complexity index is 787. The third-order valence-electron chi connectivity index (χ3n) is 4.80. The lowest BCUT2D eigenvalue weighted by Gasteiger charge is -2.24. The highest BCUT2D eigenvalue weighted by Crippen LogP contribution is 2.38. The molecule has 2 N–H and O–H groups in total. The average molecular weight is 357 g/mol. The third-order valence-corrected chi connectivity index (χ3v) is 4.99. The average Bonchev–Trinajstić information content (AvgIpc) is 3.36. The van der Waals surface area contributed by atoms with E-state index < -0.39 is 0 Å². The van der Waals surface area contributed by atoms with Crippen molar-refractivity contribution >= 4 is 29.0 Å². The number of hydrogen-bond acceptors (Lipinski definition) is 4. The summed E-state index contributed by atoms with van der Waals surface area (Å²) in [6.07, 6.45) is 5.45. The second kappa shape index (κ2) is 7.00. The van der Waals surface area contributed by atoms with Gasteiger partial charge in [-0.15, -0.1) is 0 Å². The Labute approximate surface area is 152 Å². The molecule has 1 amide bonds. The van der Waals surface area contributed by atoms with Crippen molar-refractivity contribution in [3.05, 3.63) is 46.9 Å². The lowest BCUT2D eigenvalue weighted by molar-refractivity contribution is -0.122. The Kier molecular flexibility index (Phi) is 4.57. The molecule has 2 aromatic rings. The summed E-state index contributed by atoms with van der Waals surface area (Å²) in [5.74, 6) is 2.35. The molecule has 2 fully saturated rings. The smallest absolute Gasteiger partial charge is 0.227 e. The number of aromatic nitrogens is 2. The summed E-state index contributed by atoms with van der Waals surface area (Å²) in [6.45, 7) is 0.616. The third kappa shape index (κ3) is 4.10. The molecule has 25 heavy (non-hydrogen) atoms. The predicted molar refractivity (Wildman–Crippen MR) is 98.8 cm³/mol. The minimum Gasteiger partial charge on any atom is -0.366 e. The number of benzene rings is 1. The van der Waals surface area contributed by atoms with E-state index in [-0.39, 0.29) is 11.8 Å². The van der Waals surface area contributed by atoms with Gasteiger partial charge in [-0.2, -0.15) is 0 Å². The molecule has 2 aliphatic rings. The summed E-state index contributed by atoms with van der Waals surface area (Å²) in [5, 5.41) is 6.79. The van der Waals surface area contributed by atoms with Gasteiger partial charge in [-0.3, -0.25) is 4.79 Å². The molecular formula is C19H21ClN4O. The Morgan fingerprint density at radius 1 is 1.16 bits per heavy atom. The zero-order valence-electron chi connectivity index (χ0n) is 14.0. The van der Waals surface area contributed by atoms with Crippen molar-refractivity contribution in [1.29, 1.82) is 0 Å². The van der Waals surface area contributed by atoms with Crippen LogP contribution in [0.5, 0.6) is 0 Å². The van der Waals surface area contributed by atoms with Gasteiger partial charge in [-0.25, -0.2) is 9.97 Å². The van der Waals surface area contributed by atoms with Crippen molar-refractivity contribution in [3.8, 4) is 0 Å². The van der Waals surface area contributed by atoms with Gasteiger partial charge in [-0.1, -0.05) is 30.2 Å². The van der Waals surface area contributed by atoms with E-state index in [0.717, 1.165) is 55.0 Å². The van der Waals surface area contributed by atoms with Gasteiger partial charge in [0.15, 0.2) is 0 Å². The molecular weight excluding hydrogens is 336 g/mol. The standard InChI is InChI=1S/C19H21ClN4O/c20-16-10-17(24-18(23-16)13-7-8-13)21-11-12-3-1-6-15(9-12)22-19(25)14-4-2-5-14/h1,3,6,9-10,13-14H,2,4-5,7-8,11H2,(H,22,25)(H,21,23,24). The topological polar surface area (TPSA) is 66.9 Å². The van der Waals surface area contributed by atoms with Gasteiger partial charge < -0.3 is 10.6 Å². The van der Waals surface area contributed by atoms with Gasteiger partial charge in [0.25, 0.3) is 0 Å². The van der Waals surface area contributed by atoms with E-state index >= 15 is 0 Å². The molecule has 1 aromatic heterocycles. The number of halogens is 1. The lowest BCUT2D eigenvalue weighted by Crippen LogP contribution is -2.28. The van der Waals surface area contributed by atoms with Crippen molar-refractivity contribution < 1.29 is 4.79 Å². The van der Waals surface area contributed by atoms with E-state index in [1.807, 2.05) is 24.3 Å². The van der Waals surface area contributed by atoms with E-state index in [9.17, 15) is 4.79 Å². The van der Waals surface area contributed by atoms with Gasteiger partial charge in [0, 0.05) is 30.1 Å². The summed E-state index contributed by atoms with van der Waals surface area (Å²) in [4.78, 5) is 20.9. The van der Waals surface area contributed by atoms with Crippen LogP contribution in [-0.4, -0.2) is 15.9 Å². The maximum absolute atomic E-state index is 12.1. The number of hydrogen-bond donors (Lipinski definition) is 2. The largest absolute Gasteiger partial charge is 0.366 e. The number of rotatable bonds is 6. The van der Waals surface area contributed by atoms with Gasteiger partial charge in [0.1, 0.15) is 16.8 Å². The Balaban J connectivity index is 1.39. The fourth-order valence-corrected chi connectivity index (χ4v) is 3.11. The monoisotopic (exact) mass is 356 g/mol. The van der Waals surface area contributed by atoms with Crippen LogP contribution in [0.3, 0.4) is 0 Å². The van der Waals surface area contributed by atoms with Crippen LogP contribution in [0.4, 0.5) is 11.5 Å². The first-order valence-corrected chi connectivity index (χ1v) is 9.23. The van der Waals surface area contributed by atoms with Crippen LogP contribution >= 0.6 is 11.6 Å². The molecule has 0 atom stereocenters. The molecule has 1 heterocycles. The molecule has 4 rings (SSSR count). The zero-order valence-corrected chi connectivity index (χ0v) is 14.7. The summed E-state index contributed by atoms with van der Waals surface area (Å²) in [7, 11) is 0. The number of anilines is 2. The maximum atomic E-state index is 12.1. The molecule has 2 saturated carbocycles. The van der Waals surface area contributed by atoms with Gasteiger partial charge in [0.2, 0.25) is 5.91 Å². The van der Waals surface area contributed by atoms with Crippen molar-refractivity contribution in [2.24, 2.45) is 5.92 Å². The first-order valence-electron chi connectivity index (χ1n) is 8.85. The van der Waals surface area contributed by atoms with Crippen molar-refractivity contribution in [2.45, 2.75) is 44.6 Å². The number of nitrogens with one attached hydrogen (secondary N) is 2. The van der Waals surface area contributed by atoms with Crippen molar-refractivity contribution in [2.75, 3.05) is 10.6 Å². The number of carbonyl (C=O) groups excluding carboxylic acids is 1. The van der Waals surface area contributed by atoms with E-state index in [0.29, 0.717) is 17.6 Å². The minimum absolute atomic E-state index is 0.132. The highest BCUT2D eigenvalue weighted by atomic mass is 35.5. The zero-order chi connectivity index (χ0) is 17.2. The fourth-order valence-electron chi connectivity index (χ4n) is 2.92. The predicted octanol–water partition coefficient (Wildman–Crippen LogP) is 4.36. The summed E-state index contributed by atoms with van der Waals surface area (Å²) >= 11 is 6.10. The Hall–Kier alpha value is -2.14. The molecule has 0 bridgehead atoms. The molecule has 0 radical (unpaired) electrons. The highest BCUT2D eigenvalue weighted by Gasteiger charge is 2.27. The first-order chi connectivity index (χ1) is 12.2. The summed E-state index contributed by atoms with van der Waals surface area (Å²) in [5.41, 5.74) is 1.92. The fraction of sp³-hybridized carbons (Fsp3) is 0.421. The quantitative estimate of drug-likeness (QED) is 0.755. The molecule has 6 heteroatoms. The number of amides is 1. The van der Waals surface area contributed by atoms with E-state index in [1.165, 1.54) is 0 Å². The van der Waals surface area contributed by atoms with Crippen LogP contribution in [0.25, 0.3) is 0 Å². The van der Waals surface area contributed by atoms with Crippen LogP contribution < -0.4 is 10.6 Å². The lowest BCUT2D eigenvalue weighted by atomic mass is 9.85. The molecule has 130 valence electrons. The normalized spacial score (nSPS) is 17.0. The molecule has 2 aliphatic carbocycles. The van der Waals surface area contributed by atoms with Gasteiger partial charge >= 0.3 is 0 Å². The van der Waals surface area contributed by atoms with Crippen LogP contribution in [-0.2, 0) is 11.3 Å². The Morgan fingerprint density at radius 2 is 2.00 bits per heavy atom. The summed E-state index contributed by atoms with van der Waals surface area (Å²) in [6, 6.07) is 9.64. The second-order valence-electron chi connectivity index (χ2n) is 6.88. The first kappa shape index (κ1) is 16.3. The van der Waals surface area contributed by atoms with Crippen LogP contribution in [0.15, 0.2) is 30.3 Å². The molecule has 5 nitrogen and oxygen atoms in total. The van der Waals surface area contributed by atoms with Crippen LogP contribution in [0.2, 0.25) is 5.15 Å². The molecule has 0 aliphatic heterocycles. The summed E-state index contributed by atoms with van der Waals surface area (Å²) < 4.78 is 0. The van der Waals surface area contributed by atoms with E-state index in [4.69, 9.17) is 11.6 Å². The minimum atomic E-state index is 0.132. The molecule has 0 unspecified atom stereocenters. The second-order valence-corrected chi connectivity index (χ2v) is 7.27. The Morgan fingerprint density at radius 3 is 2.72 bits per heavy atom. The molecule has 0 saturated heterocycles. The van der Waals surface area contributed by atoms with Crippen LogP contribution in [0, 0.1) is 5.92 Å². The van der Waals surface area contributed by atoms with E-state index in [2.05, 4.69) is 20.6 Å².